The summed E-state index contributed by atoms with van der Waals surface area (Å²) in [5.74, 6) is 0.392. The van der Waals surface area contributed by atoms with Gasteiger partial charge in [-0.1, -0.05) is 17.7 Å². The molecular weight excluding hydrogens is 340 g/mol. The molecule has 0 atom stereocenters. The molecule has 0 radical (unpaired) electrons. The summed E-state index contributed by atoms with van der Waals surface area (Å²) in [5.41, 5.74) is 1.81. The number of pyridine rings is 1. The van der Waals surface area contributed by atoms with Gasteiger partial charge in [-0.3, -0.25) is 9.59 Å². The average molecular weight is 361 g/mol. The van der Waals surface area contributed by atoms with Gasteiger partial charge in [0.15, 0.2) is 5.60 Å². The molecule has 5 nitrogen and oxygen atoms in total. The minimum absolute atomic E-state index is 0.109. The lowest BCUT2D eigenvalue weighted by Crippen LogP contribution is -2.50. The van der Waals surface area contributed by atoms with Gasteiger partial charge in [0.05, 0.1) is 5.02 Å². The lowest BCUT2D eigenvalue weighted by Gasteiger charge is -2.35. The number of nitrogens with one attached hydrogen (secondary N) is 1. The van der Waals surface area contributed by atoms with E-state index >= 15 is 0 Å². The standard InChI is InChI=1S/C19H21ClN2O3/c1-12-4-5-15(20)16(8-12)25-19(2,3)18(24)22-7-6-13-9-17(23)21-10-14(13)11-22/h4-5,8-10H,6-7,11H2,1-3H3,(H,21,23). The van der Waals surface area contributed by atoms with Gasteiger partial charge in [-0.15, -0.1) is 0 Å². The third-order valence-corrected chi connectivity index (χ3v) is 4.69. The highest BCUT2D eigenvalue weighted by Gasteiger charge is 2.36. The summed E-state index contributed by atoms with van der Waals surface area (Å²) in [6, 6.07) is 7.09. The number of fused-ring (bicyclic) bond motifs is 1. The van der Waals surface area contributed by atoms with Gasteiger partial charge in [0.25, 0.3) is 5.91 Å². The number of carbonyl (C=O) groups excluding carboxylic acids is 1. The fourth-order valence-corrected chi connectivity index (χ4v) is 3.18. The number of aryl methyl sites for hydroxylation is 1. The van der Waals surface area contributed by atoms with Crippen molar-refractivity contribution >= 4 is 17.5 Å². The van der Waals surface area contributed by atoms with Crippen LogP contribution < -0.4 is 10.3 Å². The molecule has 25 heavy (non-hydrogen) atoms. The first-order valence-corrected chi connectivity index (χ1v) is 8.59. The number of ether oxygens (including phenoxy) is 1. The van der Waals surface area contributed by atoms with E-state index in [1.807, 2.05) is 19.1 Å². The summed E-state index contributed by atoms with van der Waals surface area (Å²) in [6.45, 7) is 6.45. The van der Waals surface area contributed by atoms with Crippen molar-refractivity contribution in [2.24, 2.45) is 0 Å². The molecular formula is C19H21ClN2O3. The first-order valence-electron chi connectivity index (χ1n) is 8.21. The van der Waals surface area contributed by atoms with Gasteiger partial charge in [0.2, 0.25) is 5.56 Å². The maximum absolute atomic E-state index is 13.0. The SMILES string of the molecule is Cc1ccc(Cl)c(OC(C)(C)C(=O)N2CCc3cc(=O)[nH]cc3C2)c1. The van der Waals surface area contributed by atoms with Crippen LogP contribution in [-0.4, -0.2) is 27.9 Å². The monoisotopic (exact) mass is 360 g/mol. The van der Waals surface area contributed by atoms with Gasteiger partial charge in [-0.25, -0.2) is 0 Å². The van der Waals surface area contributed by atoms with Crippen molar-refractivity contribution in [3.63, 3.8) is 0 Å². The predicted octanol–water partition coefficient (Wildman–Crippen LogP) is 3.08. The van der Waals surface area contributed by atoms with Crippen LogP contribution in [0.5, 0.6) is 5.75 Å². The lowest BCUT2D eigenvalue weighted by molar-refractivity contribution is -0.146. The van der Waals surface area contributed by atoms with Gasteiger partial charge >= 0.3 is 0 Å². The fourth-order valence-electron chi connectivity index (χ4n) is 3.03. The number of nitrogens with zero attached hydrogens (tertiary/aromatic N) is 1. The Kier molecular flexibility index (Phi) is 4.60. The third kappa shape index (κ3) is 3.71. The molecule has 1 amide bonds. The summed E-state index contributed by atoms with van der Waals surface area (Å²) >= 11 is 6.19. The number of aromatic nitrogens is 1. The van der Waals surface area contributed by atoms with E-state index in [9.17, 15) is 9.59 Å². The normalized spacial score (nSPS) is 14.2. The molecule has 6 heteroatoms. The highest BCUT2D eigenvalue weighted by atomic mass is 35.5. The van der Waals surface area contributed by atoms with Crippen molar-refractivity contribution < 1.29 is 9.53 Å². The van der Waals surface area contributed by atoms with Crippen LogP contribution in [0.2, 0.25) is 5.02 Å². The van der Waals surface area contributed by atoms with E-state index in [0.717, 1.165) is 16.7 Å². The van der Waals surface area contributed by atoms with Crippen molar-refractivity contribution in [3.8, 4) is 5.75 Å². The van der Waals surface area contributed by atoms with Crippen LogP contribution in [0.3, 0.4) is 0 Å². The van der Waals surface area contributed by atoms with E-state index in [4.69, 9.17) is 16.3 Å². The smallest absolute Gasteiger partial charge is 0.266 e. The maximum Gasteiger partial charge on any atom is 0.266 e. The molecule has 2 aromatic rings. The summed E-state index contributed by atoms with van der Waals surface area (Å²) in [4.78, 5) is 28.8. The molecule has 2 heterocycles. The maximum atomic E-state index is 13.0. The highest BCUT2D eigenvalue weighted by molar-refractivity contribution is 6.32. The van der Waals surface area contributed by atoms with E-state index in [0.29, 0.717) is 30.3 Å². The molecule has 0 bridgehead atoms. The molecule has 1 aliphatic rings. The average Bonchev–Trinajstić information content (AvgIpc) is 2.56. The number of rotatable bonds is 3. The number of hydrogen-bond donors (Lipinski definition) is 1. The topological polar surface area (TPSA) is 62.4 Å². The van der Waals surface area contributed by atoms with Crippen molar-refractivity contribution in [1.82, 2.24) is 9.88 Å². The van der Waals surface area contributed by atoms with Gasteiger partial charge in [-0.2, -0.15) is 0 Å². The van der Waals surface area contributed by atoms with Gasteiger partial charge in [0, 0.05) is 25.4 Å². The van der Waals surface area contributed by atoms with Gasteiger partial charge in [0.1, 0.15) is 5.75 Å². The van der Waals surface area contributed by atoms with Crippen LogP contribution in [0, 0.1) is 6.92 Å². The molecule has 0 aliphatic carbocycles. The Bertz CT molecular complexity index is 873. The van der Waals surface area contributed by atoms with Crippen molar-refractivity contribution in [2.75, 3.05) is 6.54 Å². The number of H-pyrrole nitrogens is 1. The Morgan fingerprint density at radius 3 is 2.80 bits per heavy atom. The Hall–Kier alpha value is -2.27. The van der Waals surface area contributed by atoms with Gasteiger partial charge in [-0.05, 0) is 56.0 Å². The molecule has 0 saturated heterocycles. The quantitative estimate of drug-likeness (QED) is 0.914. The molecule has 0 saturated carbocycles. The molecule has 1 aromatic heterocycles. The Labute approximate surface area is 151 Å². The van der Waals surface area contributed by atoms with E-state index in [2.05, 4.69) is 4.98 Å². The highest BCUT2D eigenvalue weighted by Crippen LogP contribution is 2.30. The second-order valence-electron chi connectivity index (χ2n) is 6.87. The van der Waals surface area contributed by atoms with Crippen LogP contribution in [0.4, 0.5) is 0 Å². The molecule has 1 N–H and O–H groups in total. The van der Waals surface area contributed by atoms with E-state index in [-0.39, 0.29) is 11.5 Å². The second kappa shape index (κ2) is 6.56. The van der Waals surface area contributed by atoms with Gasteiger partial charge < -0.3 is 14.6 Å². The molecule has 132 valence electrons. The minimum atomic E-state index is -1.04. The number of halogens is 1. The molecule has 1 aliphatic heterocycles. The number of carbonyl (C=O) groups is 1. The largest absolute Gasteiger partial charge is 0.476 e. The number of aromatic amines is 1. The van der Waals surface area contributed by atoms with Crippen LogP contribution in [0.1, 0.15) is 30.5 Å². The number of amides is 1. The van der Waals surface area contributed by atoms with E-state index < -0.39 is 5.60 Å². The molecule has 3 rings (SSSR count). The predicted molar refractivity (Wildman–Crippen MR) is 97.1 cm³/mol. The second-order valence-corrected chi connectivity index (χ2v) is 7.28. The third-order valence-electron chi connectivity index (χ3n) is 4.37. The fraction of sp³-hybridized carbons (Fsp3) is 0.368. The van der Waals surface area contributed by atoms with Crippen molar-refractivity contribution in [3.05, 3.63) is 62.5 Å². The minimum Gasteiger partial charge on any atom is -0.476 e. The van der Waals surface area contributed by atoms with Crippen molar-refractivity contribution in [2.45, 2.75) is 39.3 Å². The zero-order valence-corrected chi connectivity index (χ0v) is 15.3. The molecule has 1 aromatic carbocycles. The van der Waals surface area contributed by atoms with Crippen LogP contribution >= 0.6 is 11.6 Å². The number of hydrogen-bond acceptors (Lipinski definition) is 3. The molecule has 0 spiro atoms. The Morgan fingerprint density at radius 2 is 2.04 bits per heavy atom. The van der Waals surface area contributed by atoms with Crippen LogP contribution in [-0.2, 0) is 17.8 Å². The lowest BCUT2D eigenvalue weighted by atomic mass is 9.99. The first-order chi connectivity index (χ1) is 11.8. The summed E-state index contributed by atoms with van der Waals surface area (Å²) in [6.07, 6.45) is 2.34. The molecule has 0 fully saturated rings. The first kappa shape index (κ1) is 17.5. The number of benzene rings is 1. The zero-order chi connectivity index (χ0) is 18.2. The summed E-state index contributed by atoms with van der Waals surface area (Å²) in [7, 11) is 0. The van der Waals surface area contributed by atoms with E-state index in [1.54, 1.807) is 37.1 Å². The summed E-state index contributed by atoms with van der Waals surface area (Å²) < 4.78 is 5.95. The Morgan fingerprint density at radius 1 is 1.28 bits per heavy atom. The molecule has 0 unspecified atom stereocenters. The van der Waals surface area contributed by atoms with E-state index in [1.165, 1.54) is 0 Å². The summed E-state index contributed by atoms with van der Waals surface area (Å²) in [5, 5.41) is 0.480. The zero-order valence-electron chi connectivity index (χ0n) is 14.6. The van der Waals surface area contributed by atoms with Crippen molar-refractivity contribution in [1.29, 1.82) is 0 Å². The van der Waals surface area contributed by atoms with Crippen LogP contribution in [0.25, 0.3) is 0 Å². The Balaban J connectivity index is 1.78. The van der Waals surface area contributed by atoms with Crippen LogP contribution in [0.15, 0.2) is 35.3 Å².